The van der Waals surface area contributed by atoms with Crippen LogP contribution >= 0.6 is 0 Å². The van der Waals surface area contributed by atoms with Crippen LogP contribution in [0.25, 0.3) is 0 Å². The molecule has 5 rings (SSSR count). The molecule has 0 aromatic heterocycles. The summed E-state index contributed by atoms with van der Waals surface area (Å²) in [6, 6.07) is -3.79. The summed E-state index contributed by atoms with van der Waals surface area (Å²) >= 11 is 0. The Morgan fingerprint density at radius 3 is 2.00 bits per heavy atom. The number of Topliss-reactive ketones (excluding diaryl/α,β-unsaturated/α-hetero) is 1. The van der Waals surface area contributed by atoms with Crippen molar-refractivity contribution in [3.63, 3.8) is 0 Å². The molecule has 0 bridgehead atoms. The SMILES string of the molecule is CCC[C@H](NC(=O)[C@@H]1C[C@@]2(CN1C(=O)[C@H](C)NC(=O)[C@@H](NC(=O)[C@@H]1CCCCN1C(C)C)C(C)(C)C)C(C)(C)C21CCC1)C(=O)C(=O)NC1CC1. The van der Waals surface area contributed by atoms with E-state index < -0.39 is 53.1 Å². The van der Waals surface area contributed by atoms with Crippen molar-refractivity contribution in [3.8, 4) is 0 Å². The summed E-state index contributed by atoms with van der Waals surface area (Å²) in [6.45, 7) is 19.0. The van der Waals surface area contributed by atoms with Crippen molar-refractivity contribution in [2.45, 2.75) is 175 Å². The highest BCUT2D eigenvalue weighted by molar-refractivity contribution is 6.38. The van der Waals surface area contributed by atoms with Gasteiger partial charge in [0.25, 0.3) is 5.91 Å². The van der Waals surface area contributed by atoms with E-state index in [1.54, 1.807) is 11.8 Å². The molecule has 2 saturated heterocycles. The number of ketones is 1. The van der Waals surface area contributed by atoms with Crippen LogP contribution in [-0.4, -0.2) is 101 Å². The Morgan fingerprint density at radius 2 is 1.47 bits per heavy atom. The summed E-state index contributed by atoms with van der Waals surface area (Å²) < 4.78 is 0. The van der Waals surface area contributed by atoms with Crippen molar-refractivity contribution in [1.82, 2.24) is 31.1 Å². The predicted octanol–water partition coefficient (Wildman–Crippen LogP) is 3.21. The fraction of sp³-hybridized carbons (Fsp3) is 0.846. The third-order valence-electron chi connectivity index (χ3n) is 13.4. The zero-order valence-electron chi connectivity index (χ0n) is 32.6. The van der Waals surface area contributed by atoms with Gasteiger partial charge in [-0.15, -0.1) is 0 Å². The van der Waals surface area contributed by atoms with Gasteiger partial charge in [0, 0.05) is 24.0 Å². The lowest BCUT2D eigenvalue weighted by atomic mass is 9.73. The second-order valence-electron chi connectivity index (χ2n) is 18.2. The van der Waals surface area contributed by atoms with Crippen molar-refractivity contribution in [2.24, 2.45) is 21.7 Å². The first-order valence-electron chi connectivity index (χ1n) is 19.6. The Balaban J connectivity index is 1.32. The molecule has 0 unspecified atom stereocenters. The highest BCUT2D eigenvalue weighted by atomic mass is 16.2. The molecule has 3 saturated carbocycles. The number of fused-ring (bicyclic) bond motifs is 1. The van der Waals surface area contributed by atoms with E-state index in [9.17, 15) is 28.8 Å². The van der Waals surface area contributed by atoms with Crippen LogP contribution in [0.1, 0.15) is 133 Å². The van der Waals surface area contributed by atoms with Crippen LogP contribution in [0, 0.1) is 21.7 Å². The maximum absolute atomic E-state index is 14.4. The zero-order valence-corrected chi connectivity index (χ0v) is 32.6. The Bertz CT molecular complexity index is 1400. The van der Waals surface area contributed by atoms with E-state index in [-0.39, 0.29) is 46.2 Å². The average Bonchev–Trinajstić information content (AvgIpc) is 3.87. The standard InChI is InChI=1S/C39H64N6O6/c1-10-14-26(29(46)33(49)41-25-16-17-25)42-32(48)28-21-39(37(8,9)38(39)18-13-19-38)22-45(28)35(51)24(4)40-34(50)30(36(5,6)7)43-31(47)27-15-11-12-20-44(27)23(2)3/h23-28,30H,10-22H2,1-9H3,(H,40,50)(H,41,49)(H,42,48)(H,43,47)/t24-,26-,27-,28-,30+,39+/m0/s1. The molecular formula is C39H64N6O6. The van der Waals surface area contributed by atoms with E-state index in [4.69, 9.17) is 0 Å². The molecule has 0 radical (unpaired) electrons. The number of nitrogens with one attached hydrogen (secondary N) is 4. The lowest BCUT2D eigenvalue weighted by Crippen LogP contribution is -2.61. The molecule has 4 N–H and O–H groups in total. The first-order valence-corrected chi connectivity index (χ1v) is 19.6. The molecule has 5 aliphatic rings. The van der Waals surface area contributed by atoms with Gasteiger partial charge >= 0.3 is 0 Å². The average molecular weight is 713 g/mol. The first-order chi connectivity index (χ1) is 23.8. The van der Waals surface area contributed by atoms with Gasteiger partial charge in [-0.2, -0.15) is 0 Å². The third kappa shape index (κ3) is 7.19. The highest BCUT2D eigenvalue weighted by Crippen LogP contribution is 2.88. The number of carbonyl (C=O) groups excluding carboxylic acids is 6. The van der Waals surface area contributed by atoms with E-state index in [1.807, 2.05) is 27.7 Å². The predicted molar refractivity (Wildman–Crippen MR) is 194 cm³/mol. The van der Waals surface area contributed by atoms with Gasteiger partial charge in [-0.25, -0.2) is 0 Å². The molecule has 2 spiro atoms. The summed E-state index contributed by atoms with van der Waals surface area (Å²) in [4.78, 5) is 85.8. The molecule has 3 aliphatic carbocycles. The minimum atomic E-state index is -0.983. The molecule has 5 fully saturated rings. The van der Waals surface area contributed by atoms with Gasteiger partial charge < -0.3 is 26.2 Å². The third-order valence-corrected chi connectivity index (χ3v) is 13.4. The lowest BCUT2D eigenvalue weighted by molar-refractivity contribution is -0.144. The van der Waals surface area contributed by atoms with Gasteiger partial charge in [0.1, 0.15) is 18.1 Å². The van der Waals surface area contributed by atoms with Crippen molar-refractivity contribution in [2.75, 3.05) is 13.1 Å². The van der Waals surface area contributed by atoms with Crippen LogP contribution in [-0.2, 0) is 28.8 Å². The van der Waals surface area contributed by atoms with E-state index in [0.29, 0.717) is 25.8 Å². The normalized spacial score (nSPS) is 28.4. The molecule has 12 heteroatoms. The topological polar surface area (TPSA) is 157 Å². The number of piperidine rings is 1. The van der Waals surface area contributed by atoms with Gasteiger partial charge in [-0.05, 0) is 94.9 Å². The monoisotopic (exact) mass is 712 g/mol. The van der Waals surface area contributed by atoms with Crippen molar-refractivity contribution < 1.29 is 28.8 Å². The van der Waals surface area contributed by atoms with Crippen molar-refractivity contribution in [3.05, 3.63) is 0 Å². The number of nitrogens with zero attached hydrogens (tertiary/aromatic N) is 2. The number of rotatable bonds is 13. The molecule has 0 aromatic carbocycles. The lowest BCUT2D eigenvalue weighted by Gasteiger charge is -2.39. The van der Waals surface area contributed by atoms with Gasteiger partial charge in [0.2, 0.25) is 29.4 Å². The van der Waals surface area contributed by atoms with E-state index in [0.717, 1.165) is 57.9 Å². The summed E-state index contributed by atoms with van der Waals surface area (Å²) in [5.41, 5.74) is -0.919. The van der Waals surface area contributed by atoms with Crippen LogP contribution < -0.4 is 21.3 Å². The highest BCUT2D eigenvalue weighted by Gasteiger charge is 2.85. The zero-order chi connectivity index (χ0) is 37.7. The summed E-state index contributed by atoms with van der Waals surface area (Å²) in [7, 11) is 0. The van der Waals surface area contributed by atoms with E-state index in [1.165, 1.54) is 0 Å². The van der Waals surface area contributed by atoms with Crippen LogP contribution in [0.3, 0.4) is 0 Å². The second-order valence-corrected chi connectivity index (χ2v) is 18.2. The van der Waals surface area contributed by atoms with Crippen LogP contribution in [0.5, 0.6) is 0 Å². The number of hydrogen-bond donors (Lipinski definition) is 4. The van der Waals surface area contributed by atoms with Crippen molar-refractivity contribution >= 4 is 35.3 Å². The number of carbonyl (C=O) groups is 6. The van der Waals surface area contributed by atoms with Gasteiger partial charge in [-0.1, -0.05) is 60.8 Å². The molecule has 5 amide bonds. The molecule has 2 heterocycles. The Hall–Kier alpha value is -3.02. The minimum Gasteiger partial charge on any atom is -0.347 e. The molecule has 0 aromatic rings. The molecule has 286 valence electrons. The Labute approximate surface area is 304 Å². The summed E-state index contributed by atoms with van der Waals surface area (Å²) in [5, 5.41) is 11.6. The fourth-order valence-corrected chi connectivity index (χ4v) is 9.91. The van der Waals surface area contributed by atoms with Gasteiger partial charge in [0.15, 0.2) is 0 Å². The van der Waals surface area contributed by atoms with Crippen LogP contribution in [0.15, 0.2) is 0 Å². The molecule has 6 atom stereocenters. The molecule has 51 heavy (non-hydrogen) atoms. The number of amides is 5. The molecule has 2 aliphatic heterocycles. The first kappa shape index (κ1) is 39.2. The number of hydrogen-bond acceptors (Lipinski definition) is 7. The molecular weight excluding hydrogens is 648 g/mol. The van der Waals surface area contributed by atoms with Crippen molar-refractivity contribution in [1.29, 1.82) is 0 Å². The minimum absolute atomic E-state index is 0.0166. The molecule has 12 nitrogen and oxygen atoms in total. The quantitative estimate of drug-likeness (QED) is 0.214. The maximum Gasteiger partial charge on any atom is 0.289 e. The smallest absolute Gasteiger partial charge is 0.289 e. The largest absolute Gasteiger partial charge is 0.347 e. The van der Waals surface area contributed by atoms with Crippen LogP contribution in [0.4, 0.5) is 0 Å². The fourth-order valence-electron chi connectivity index (χ4n) is 9.91. The van der Waals surface area contributed by atoms with E-state index in [2.05, 4.69) is 53.9 Å². The Morgan fingerprint density at radius 1 is 0.824 bits per heavy atom. The van der Waals surface area contributed by atoms with Gasteiger partial charge in [-0.3, -0.25) is 33.7 Å². The summed E-state index contributed by atoms with van der Waals surface area (Å²) in [5.74, 6) is -2.79. The van der Waals surface area contributed by atoms with Crippen LogP contribution in [0.2, 0.25) is 0 Å². The maximum atomic E-state index is 14.4. The second kappa shape index (κ2) is 14.4. The Kier molecular flexibility index (Phi) is 11.1. The number of likely N-dealkylation sites (tertiary alicyclic amines) is 2. The summed E-state index contributed by atoms with van der Waals surface area (Å²) in [6.07, 6.45) is 8.97. The van der Waals surface area contributed by atoms with Gasteiger partial charge in [0.05, 0.1) is 12.1 Å². The van der Waals surface area contributed by atoms with E-state index >= 15 is 0 Å².